The molecule has 4 atom stereocenters. The molecule has 3 N–H and O–H groups in total. The van der Waals surface area contributed by atoms with E-state index in [4.69, 9.17) is 0 Å². The second-order valence-corrected chi connectivity index (χ2v) is 9.58. The normalized spacial score (nSPS) is 34.6. The molecule has 2 saturated heterocycles. The average molecular weight is 384 g/mol. The molecule has 2 aliphatic heterocycles. The van der Waals surface area contributed by atoms with Crippen molar-refractivity contribution in [1.29, 1.82) is 0 Å². The lowest BCUT2D eigenvalue weighted by molar-refractivity contribution is -0.111. The molecule has 2 aromatic rings. The number of aromatic nitrogens is 3. The largest absolute Gasteiger partial charge is 0.390 e. The number of nitrogens with zero attached hydrogens (tertiary/aromatic N) is 3. The molecular formula is C22H33N5O. The average Bonchev–Trinajstić information content (AvgIpc) is 3.16. The highest BCUT2D eigenvalue weighted by Crippen LogP contribution is 2.47. The third-order valence-electron chi connectivity index (χ3n) is 7.03. The maximum atomic E-state index is 11.4. The number of piperidine rings is 2. The van der Waals surface area contributed by atoms with Gasteiger partial charge in [0, 0.05) is 30.1 Å². The van der Waals surface area contributed by atoms with Crippen LogP contribution in [0, 0.1) is 0 Å². The van der Waals surface area contributed by atoms with Gasteiger partial charge in [0.1, 0.15) is 6.33 Å². The van der Waals surface area contributed by atoms with Crippen LogP contribution in [-0.2, 0) is 5.41 Å². The summed E-state index contributed by atoms with van der Waals surface area (Å²) in [6.45, 7) is 8.85. The van der Waals surface area contributed by atoms with Crippen molar-refractivity contribution in [3.63, 3.8) is 0 Å². The fourth-order valence-corrected chi connectivity index (χ4v) is 5.46. The lowest BCUT2D eigenvalue weighted by Crippen LogP contribution is -2.64. The minimum Gasteiger partial charge on any atom is -0.390 e. The van der Waals surface area contributed by atoms with Gasteiger partial charge in [0.05, 0.1) is 5.60 Å². The van der Waals surface area contributed by atoms with Gasteiger partial charge in [-0.1, -0.05) is 37.3 Å². The van der Waals surface area contributed by atoms with Crippen LogP contribution in [0.25, 0.3) is 0 Å². The van der Waals surface area contributed by atoms with E-state index in [-0.39, 0.29) is 17.0 Å². The summed E-state index contributed by atoms with van der Waals surface area (Å²) in [6, 6.07) is 11.0. The smallest absolute Gasteiger partial charge is 0.218 e. The van der Waals surface area contributed by atoms with Crippen LogP contribution in [0.15, 0.2) is 36.7 Å². The molecule has 2 fully saturated rings. The molecule has 28 heavy (non-hydrogen) atoms. The van der Waals surface area contributed by atoms with Gasteiger partial charge in [-0.05, 0) is 51.5 Å². The number of benzene rings is 1. The van der Waals surface area contributed by atoms with Crippen LogP contribution in [0.2, 0.25) is 0 Å². The number of H-pyrrole nitrogens is 1. The van der Waals surface area contributed by atoms with E-state index in [1.54, 1.807) is 0 Å². The van der Waals surface area contributed by atoms with E-state index in [0.29, 0.717) is 12.4 Å². The summed E-state index contributed by atoms with van der Waals surface area (Å²) in [5.74, 6) is 0.663. The lowest BCUT2D eigenvalue weighted by atomic mass is 9.65. The molecule has 0 amide bonds. The van der Waals surface area contributed by atoms with E-state index in [1.807, 2.05) is 0 Å². The maximum absolute atomic E-state index is 11.4. The predicted molar refractivity (Wildman–Crippen MR) is 111 cm³/mol. The van der Waals surface area contributed by atoms with Gasteiger partial charge in [-0.25, -0.2) is 10.1 Å². The molecule has 4 unspecified atom stereocenters. The Morgan fingerprint density at radius 3 is 2.71 bits per heavy atom. The summed E-state index contributed by atoms with van der Waals surface area (Å²) in [4.78, 5) is 6.76. The molecule has 6 heteroatoms. The van der Waals surface area contributed by atoms with Gasteiger partial charge >= 0.3 is 0 Å². The first-order valence-electron chi connectivity index (χ1n) is 10.5. The Morgan fingerprint density at radius 1 is 1.21 bits per heavy atom. The Morgan fingerprint density at radius 2 is 2.00 bits per heavy atom. The molecule has 1 aromatic carbocycles. The van der Waals surface area contributed by atoms with Crippen molar-refractivity contribution in [2.45, 2.75) is 75.5 Å². The number of anilines is 1. The zero-order valence-electron chi connectivity index (χ0n) is 17.3. The number of aliphatic hydroxyl groups is 1. The fraction of sp³-hybridized carbons (Fsp3) is 0.636. The molecule has 0 aliphatic carbocycles. The second kappa shape index (κ2) is 7.16. The monoisotopic (exact) mass is 383 g/mol. The molecule has 6 nitrogen and oxygen atoms in total. The molecule has 0 saturated carbocycles. The minimum absolute atomic E-state index is 0.0627. The van der Waals surface area contributed by atoms with Crippen molar-refractivity contribution in [2.75, 3.05) is 18.4 Å². The summed E-state index contributed by atoms with van der Waals surface area (Å²) in [6.07, 6.45) is 6.13. The molecule has 4 rings (SSSR count). The van der Waals surface area contributed by atoms with E-state index in [0.717, 1.165) is 38.8 Å². The van der Waals surface area contributed by atoms with Crippen molar-refractivity contribution in [3.8, 4) is 0 Å². The van der Waals surface area contributed by atoms with E-state index >= 15 is 0 Å². The van der Waals surface area contributed by atoms with Crippen molar-refractivity contribution >= 4 is 5.95 Å². The van der Waals surface area contributed by atoms with E-state index in [1.165, 1.54) is 11.9 Å². The summed E-state index contributed by atoms with van der Waals surface area (Å²) >= 11 is 0. The molecule has 152 valence electrons. The van der Waals surface area contributed by atoms with Gasteiger partial charge in [-0.3, -0.25) is 4.90 Å². The summed E-state index contributed by atoms with van der Waals surface area (Å²) < 4.78 is 0. The van der Waals surface area contributed by atoms with Crippen molar-refractivity contribution in [3.05, 3.63) is 42.2 Å². The van der Waals surface area contributed by atoms with Crippen LogP contribution in [0.4, 0.5) is 5.95 Å². The zero-order valence-corrected chi connectivity index (χ0v) is 17.3. The van der Waals surface area contributed by atoms with Gasteiger partial charge in [0.2, 0.25) is 5.95 Å². The number of hydrogen-bond donors (Lipinski definition) is 3. The highest BCUT2D eigenvalue weighted by atomic mass is 16.3. The second-order valence-electron chi connectivity index (χ2n) is 9.58. The maximum Gasteiger partial charge on any atom is 0.218 e. The first-order chi connectivity index (χ1) is 13.3. The van der Waals surface area contributed by atoms with Crippen molar-refractivity contribution in [2.24, 2.45) is 0 Å². The minimum atomic E-state index is -0.641. The van der Waals surface area contributed by atoms with Gasteiger partial charge in [-0.2, -0.15) is 5.10 Å². The Bertz CT molecular complexity index is 781. The molecule has 2 aliphatic rings. The third-order valence-corrected chi connectivity index (χ3v) is 7.03. The third kappa shape index (κ3) is 3.80. The number of aromatic amines is 1. The topological polar surface area (TPSA) is 77.1 Å². The molecule has 3 heterocycles. The van der Waals surface area contributed by atoms with Crippen molar-refractivity contribution < 1.29 is 5.11 Å². The Labute approximate surface area is 167 Å². The first kappa shape index (κ1) is 19.4. The number of rotatable bonds is 5. The van der Waals surface area contributed by atoms with Gasteiger partial charge in [0.15, 0.2) is 0 Å². The van der Waals surface area contributed by atoms with Crippen LogP contribution in [0.1, 0.15) is 58.4 Å². The fourth-order valence-electron chi connectivity index (χ4n) is 5.46. The van der Waals surface area contributed by atoms with Crippen LogP contribution in [-0.4, -0.2) is 55.5 Å². The predicted octanol–water partition coefficient (Wildman–Crippen LogP) is 3.33. The summed E-state index contributed by atoms with van der Waals surface area (Å²) in [7, 11) is 0. The van der Waals surface area contributed by atoms with Gasteiger partial charge < -0.3 is 10.4 Å². The van der Waals surface area contributed by atoms with E-state index in [9.17, 15) is 5.11 Å². The number of nitrogens with one attached hydrogen (secondary N) is 2. The SMILES string of the molecule is CC(CC1(O)CCN2CC(C)(c3ccccc3)CCC2(C)C1)Nc1ncn[nH]1. The van der Waals surface area contributed by atoms with E-state index in [2.05, 4.69) is 76.5 Å². The van der Waals surface area contributed by atoms with Crippen LogP contribution < -0.4 is 5.32 Å². The number of hydrogen-bond acceptors (Lipinski definition) is 5. The van der Waals surface area contributed by atoms with Crippen LogP contribution in [0.5, 0.6) is 0 Å². The van der Waals surface area contributed by atoms with E-state index < -0.39 is 5.60 Å². The zero-order chi connectivity index (χ0) is 19.8. The Hall–Kier alpha value is -1.92. The molecule has 0 spiro atoms. The Balaban J connectivity index is 1.42. The lowest BCUT2D eigenvalue weighted by Gasteiger charge is -2.58. The molecule has 0 radical (unpaired) electrons. The molecular weight excluding hydrogens is 350 g/mol. The Kier molecular flexibility index (Phi) is 4.96. The van der Waals surface area contributed by atoms with Crippen molar-refractivity contribution in [1.82, 2.24) is 20.1 Å². The standard InChI is InChI=1S/C22H33N5O/c1-17(25-19-23-16-24-26-19)13-22(28)11-12-27-15-20(2,9-10-21(27,3)14-22)18-7-5-4-6-8-18/h4-8,16-17,28H,9-15H2,1-3H3,(H2,23,24,25,26). The molecule has 1 aromatic heterocycles. The number of fused-ring (bicyclic) bond motifs is 1. The molecule has 0 bridgehead atoms. The summed E-state index contributed by atoms with van der Waals surface area (Å²) in [5.41, 5.74) is 1.05. The highest BCUT2D eigenvalue weighted by Gasteiger charge is 2.50. The quantitative estimate of drug-likeness (QED) is 0.738. The van der Waals surface area contributed by atoms with Gasteiger partial charge in [0.25, 0.3) is 0 Å². The first-order valence-corrected chi connectivity index (χ1v) is 10.5. The summed E-state index contributed by atoms with van der Waals surface area (Å²) in [5, 5.41) is 21.4. The van der Waals surface area contributed by atoms with Crippen LogP contribution >= 0.6 is 0 Å². The van der Waals surface area contributed by atoms with Crippen LogP contribution in [0.3, 0.4) is 0 Å². The van der Waals surface area contributed by atoms with Gasteiger partial charge in [-0.15, -0.1) is 0 Å². The highest BCUT2D eigenvalue weighted by molar-refractivity contribution is 5.27.